The van der Waals surface area contributed by atoms with Gasteiger partial charge in [0.1, 0.15) is 103 Å². The molecule has 3 aliphatic heterocycles. The van der Waals surface area contributed by atoms with E-state index in [1.165, 1.54) is 36.4 Å². The number of allylic oxidation sites excluding steroid dienone is 5. The van der Waals surface area contributed by atoms with Gasteiger partial charge in [0.05, 0.1) is 31.5 Å². The van der Waals surface area contributed by atoms with Crippen LogP contribution in [-0.2, 0) is 44.6 Å². The van der Waals surface area contributed by atoms with Crippen LogP contribution in [-0.4, -0.2) is 185 Å². The lowest BCUT2D eigenvalue weighted by Crippen LogP contribution is -2.66. The molecule has 6 rings (SSSR count). The van der Waals surface area contributed by atoms with Crippen molar-refractivity contribution in [1.82, 2.24) is 0 Å². The van der Waals surface area contributed by atoms with Crippen molar-refractivity contribution in [3.8, 4) is 23.0 Å². The van der Waals surface area contributed by atoms with Gasteiger partial charge in [-0.05, 0) is 67.3 Å². The minimum atomic E-state index is -2.13. The molecule has 12 N–H and O–H groups in total. The molecule has 0 spiro atoms. The number of para-hydroxylation sites is 1. The Kier molecular flexibility index (Phi) is 22.9. The van der Waals surface area contributed by atoms with E-state index >= 15 is 0 Å². The van der Waals surface area contributed by atoms with E-state index in [-0.39, 0.29) is 23.1 Å². The number of phenols is 2. The highest BCUT2D eigenvalue weighted by atomic mass is 16.8. The van der Waals surface area contributed by atoms with Crippen LogP contribution in [0.15, 0.2) is 115 Å². The van der Waals surface area contributed by atoms with Gasteiger partial charge in [-0.2, -0.15) is 0 Å². The number of ether oxygens (including phenoxy) is 8. The molecular weight excluding hydrogens is 1000 g/mol. The second kappa shape index (κ2) is 29.2. The van der Waals surface area contributed by atoms with E-state index in [1.54, 1.807) is 42.5 Å². The van der Waals surface area contributed by atoms with Gasteiger partial charge in [-0.3, -0.25) is 0 Å². The van der Waals surface area contributed by atoms with Gasteiger partial charge in [0, 0.05) is 17.7 Å². The summed E-state index contributed by atoms with van der Waals surface area (Å²) < 4.78 is 46.9. The molecule has 0 amide bonds. The Morgan fingerprint density at radius 3 is 2.04 bits per heavy atom. The fourth-order valence-corrected chi connectivity index (χ4v) is 8.63. The normalized spacial score (nSPS) is 30.5. The zero-order valence-electron chi connectivity index (χ0n) is 41.5. The number of rotatable bonds is 24. The number of phenolic OH excluding ortho intramolecular Hbond substituents is 2. The Bertz CT molecular complexity index is 2390. The first kappa shape index (κ1) is 59.6. The van der Waals surface area contributed by atoms with Crippen LogP contribution in [0.1, 0.15) is 66.6 Å². The molecular formula is C54H68O22. The molecule has 0 aromatic heterocycles. The van der Waals surface area contributed by atoms with Crippen molar-refractivity contribution in [2.24, 2.45) is 0 Å². The van der Waals surface area contributed by atoms with Gasteiger partial charge in [-0.25, -0.2) is 9.59 Å². The Morgan fingerprint density at radius 2 is 1.34 bits per heavy atom. The summed E-state index contributed by atoms with van der Waals surface area (Å²) in [6, 6.07) is 16.6. The molecule has 16 atom stereocenters. The van der Waals surface area contributed by atoms with Gasteiger partial charge >= 0.3 is 11.9 Å². The predicted molar refractivity (Wildman–Crippen MR) is 265 cm³/mol. The van der Waals surface area contributed by atoms with Crippen molar-refractivity contribution in [3.63, 3.8) is 0 Å². The van der Waals surface area contributed by atoms with Crippen LogP contribution in [0.5, 0.6) is 23.0 Å². The molecule has 3 aromatic rings. The number of hydrogen-bond donors (Lipinski definition) is 12. The molecule has 3 aromatic carbocycles. The van der Waals surface area contributed by atoms with Gasteiger partial charge in [0.2, 0.25) is 0 Å². The smallest absolute Gasteiger partial charge is 0.338 e. The Hall–Kier alpha value is -5.64. The summed E-state index contributed by atoms with van der Waals surface area (Å²) in [6.45, 7) is -1.34. The third-order valence-corrected chi connectivity index (χ3v) is 12.7. The van der Waals surface area contributed by atoms with Gasteiger partial charge in [-0.1, -0.05) is 80.5 Å². The largest absolute Gasteiger partial charge is 0.508 e. The van der Waals surface area contributed by atoms with Crippen molar-refractivity contribution in [2.45, 2.75) is 144 Å². The number of benzene rings is 3. The van der Waals surface area contributed by atoms with Crippen LogP contribution in [0.4, 0.5) is 0 Å². The number of carbonyl (C=O) groups excluding carboxylic acids is 2. The summed E-state index contributed by atoms with van der Waals surface area (Å²) in [7, 11) is 0. The fourth-order valence-electron chi connectivity index (χ4n) is 8.63. The lowest BCUT2D eigenvalue weighted by Gasteiger charge is -2.49. The first-order valence-electron chi connectivity index (χ1n) is 24.9. The van der Waals surface area contributed by atoms with Crippen molar-refractivity contribution in [3.05, 3.63) is 132 Å². The number of esters is 2. The number of hydrogen-bond acceptors (Lipinski definition) is 22. The first-order valence-corrected chi connectivity index (χ1v) is 24.9. The molecule has 3 heterocycles. The zero-order chi connectivity index (χ0) is 54.9. The molecule has 3 fully saturated rings. The third kappa shape index (κ3) is 15.7. The molecule has 416 valence electrons. The summed E-state index contributed by atoms with van der Waals surface area (Å²) in [5.74, 6) is -2.24. The number of aliphatic hydroxyl groups excluding tert-OH is 10. The lowest BCUT2D eigenvalue weighted by molar-refractivity contribution is -0.382. The highest BCUT2D eigenvalue weighted by molar-refractivity contribution is 5.89. The molecule has 0 radical (unpaired) electrons. The maximum Gasteiger partial charge on any atom is 0.338 e. The Morgan fingerprint density at radius 1 is 0.671 bits per heavy atom. The second-order valence-corrected chi connectivity index (χ2v) is 18.2. The number of unbranched alkanes of at least 4 members (excludes halogenated alkanes) is 3. The lowest BCUT2D eigenvalue weighted by atomic mass is 9.88. The highest BCUT2D eigenvalue weighted by Crippen LogP contribution is 2.43. The molecule has 76 heavy (non-hydrogen) atoms. The quantitative estimate of drug-likeness (QED) is 0.0262. The van der Waals surface area contributed by atoms with E-state index in [1.807, 2.05) is 18.2 Å². The number of aliphatic hydroxyl groups is 10. The van der Waals surface area contributed by atoms with E-state index < -0.39 is 148 Å². The topological polar surface area (TPSA) is 351 Å². The van der Waals surface area contributed by atoms with Crippen molar-refractivity contribution in [2.75, 3.05) is 19.8 Å². The summed E-state index contributed by atoms with van der Waals surface area (Å²) in [6.07, 6.45) is -12.6. The zero-order valence-corrected chi connectivity index (χ0v) is 41.5. The van der Waals surface area contributed by atoms with Crippen LogP contribution < -0.4 is 4.74 Å². The van der Waals surface area contributed by atoms with E-state index in [0.717, 1.165) is 43.9 Å². The second-order valence-electron chi connectivity index (χ2n) is 18.2. The van der Waals surface area contributed by atoms with Crippen LogP contribution in [0, 0.1) is 0 Å². The minimum Gasteiger partial charge on any atom is -0.508 e. The van der Waals surface area contributed by atoms with Crippen LogP contribution in [0.2, 0.25) is 0 Å². The maximum absolute atomic E-state index is 13.6. The molecule has 0 bridgehead atoms. The Labute approximate surface area is 438 Å². The highest BCUT2D eigenvalue weighted by Gasteiger charge is 2.55. The average molecular weight is 1070 g/mol. The maximum atomic E-state index is 13.6. The summed E-state index contributed by atoms with van der Waals surface area (Å²) >= 11 is 0. The standard InChI is InChI=1S/C54H68O22/c1-2-3-4-5-6-7-10-15-32(58)16-11-8-14-19-40(61)74-50-47(67)49(41-31(26-55)24-33(59)25-36(41)60)71-38(28-57)48(50)75-54-51(76-53-46(66)44(64)42(62)37(27-56)72-53)45(65)43(63)39(73-54)29-69-52(68)30-20-22-35(23-21-30)70-34-17-12-9-13-18-34/h6-15,17-25,32,37-39,42-51,53-60,62-67H,2-5,16,26-29H2,1H3/b7-6+,11-8+,15-10+,19-14+/t32-,37-,38-,39-,42+,43+,44+,45+,46-,47+,48-,49+,50-,51-,53+,54+/m1/s1. The van der Waals surface area contributed by atoms with E-state index in [2.05, 4.69) is 6.92 Å². The number of carbonyl (C=O) groups is 2. The molecule has 22 heteroatoms. The SMILES string of the molecule is CCCCC/C=C/C=C/[C@@H](O)C/C=C/C=C/C(=O)O[C@@H]1[C@@H](O)[C@H](c2c(O)cc(O)cc2CO)O[C@H](CO)[C@H]1O[C@@H]1O[C@H](COC(=O)c2ccc(Oc3ccccc3)cc2)[C@H](O)[C@H](O)[C@H]1O[C@@H]1O[C@H](CO)[C@H](O)[C@H](O)[C@H]1O. The van der Waals surface area contributed by atoms with Crippen LogP contribution in [0.3, 0.4) is 0 Å². The average Bonchev–Trinajstić information content (AvgIpc) is 3.44. The Balaban J connectivity index is 1.27. The molecule has 3 aliphatic rings. The van der Waals surface area contributed by atoms with Crippen molar-refractivity contribution >= 4 is 11.9 Å². The van der Waals surface area contributed by atoms with Gasteiger partial charge < -0.3 is 99.2 Å². The van der Waals surface area contributed by atoms with Crippen LogP contribution in [0.25, 0.3) is 0 Å². The molecule has 0 saturated carbocycles. The minimum absolute atomic E-state index is 0.0426. The molecule has 0 aliphatic carbocycles. The predicted octanol–water partition coefficient (Wildman–Crippen LogP) is 1.52. The van der Waals surface area contributed by atoms with Crippen LogP contribution >= 0.6 is 0 Å². The summed E-state index contributed by atoms with van der Waals surface area (Å²) in [4.78, 5) is 27.0. The van der Waals surface area contributed by atoms with E-state index in [0.29, 0.717) is 11.5 Å². The molecule has 22 nitrogen and oxygen atoms in total. The third-order valence-electron chi connectivity index (χ3n) is 12.7. The van der Waals surface area contributed by atoms with Gasteiger partial charge in [-0.15, -0.1) is 0 Å². The summed E-state index contributed by atoms with van der Waals surface area (Å²) in [5.41, 5.74) is -0.372. The van der Waals surface area contributed by atoms with Crippen molar-refractivity contribution in [1.29, 1.82) is 0 Å². The van der Waals surface area contributed by atoms with E-state index in [9.17, 15) is 70.9 Å². The fraction of sp³-hybridized carbons (Fsp3) is 0.481. The first-order chi connectivity index (χ1) is 36.6. The monoisotopic (exact) mass is 1070 g/mol. The van der Waals surface area contributed by atoms with E-state index in [4.69, 9.17) is 37.9 Å². The number of aromatic hydroxyl groups is 2. The van der Waals surface area contributed by atoms with Gasteiger partial charge in [0.15, 0.2) is 18.7 Å². The van der Waals surface area contributed by atoms with Gasteiger partial charge in [0.25, 0.3) is 0 Å². The molecule has 3 saturated heterocycles. The van der Waals surface area contributed by atoms with Crippen molar-refractivity contribution < 1.29 is 109 Å². The molecule has 0 unspecified atom stereocenters. The summed E-state index contributed by atoms with van der Waals surface area (Å²) in [5, 5.41) is 130.